The van der Waals surface area contributed by atoms with Crippen LogP contribution in [0.4, 0.5) is 0 Å². The summed E-state index contributed by atoms with van der Waals surface area (Å²) in [5.41, 5.74) is 9.06. The second-order valence-electron chi connectivity index (χ2n) is 7.77. The number of hydrogen-bond donors (Lipinski definition) is 0. The van der Waals surface area contributed by atoms with Gasteiger partial charge in [-0.3, -0.25) is 4.79 Å². The van der Waals surface area contributed by atoms with Crippen molar-refractivity contribution in [3.8, 4) is 17.2 Å². The van der Waals surface area contributed by atoms with Crippen LogP contribution in [0.1, 0.15) is 45.1 Å². The monoisotopic (exact) mass is 394 g/mol. The minimum Gasteiger partial charge on any atom is -0.345 e. The largest absolute Gasteiger partial charge is 0.345 e. The quantitative estimate of drug-likeness (QED) is 0.502. The first-order chi connectivity index (χ1) is 14.3. The summed E-state index contributed by atoms with van der Waals surface area (Å²) in [6.45, 7) is 6.14. The van der Waals surface area contributed by atoms with E-state index in [1.54, 1.807) is 19.0 Å². The Morgan fingerprint density at radius 1 is 0.967 bits per heavy atom. The van der Waals surface area contributed by atoms with E-state index in [1.165, 1.54) is 5.56 Å². The molecule has 3 aromatic carbocycles. The maximum absolute atomic E-state index is 12.1. The molecule has 0 aliphatic rings. The van der Waals surface area contributed by atoms with Gasteiger partial charge in [-0.15, -0.1) is 0 Å². The summed E-state index contributed by atoms with van der Waals surface area (Å²) in [4.78, 5) is 13.7. The van der Waals surface area contributed by atoms with E-state index in [-0.39, 0.29) is 5.91 Å². The Balaban J connectivity index is 1.95. The average molecular weight is 395 g/mol. The SMILES string of the molecule is C/C(=C\c1cccc(-c2ccc(C)c(C#N)c2)c1C)c1ccc(C(=O)N(C)C)cc1. The van der Waals surface area contributed by atoms with E-state index < -0.39 is 0 Å². The normalized spacial score (nSPS) is 11.1. The van der Waals surface area contributed by atoms with Crippen LogP contribution in [-0.2, 0) is 0 Å². The molecule has 0 aliphatic carbocycles. The van der Waals surface area contributed by atoms with Crippen molar-refractivity contribution in [1.29, 1.82) is 5.26 Å². The molecule has 0 saturated carbocycles. The van der Waals surface area contributed by atoms with Gasteiger partial charge in [-0.1, -0.05) is 48.5 Å². The molecule has 0 spiro atoms. The van der Waals surface area contributed by atoms with Gasteiger partial charge in [-0.2, -0.15) is 5.26 Å². The molecule has 3 rings (SSSR count). The molecule has 3 heteroatoms. The van der Waals surface area contributed by atoms with Gasteiger partial charge in [0.05, 0.1) is 11.6 Å². The van der Waals surface area contributed by atoms with Gasteiger partial charge < -0.3 is 4.90 Å². The van der Waals surface area contributed by atoms with Crippen molar-refractivity contribution >= 4 is 17.6 Å². The first-order valence-electron chi connectivity index (χ1n) is 9.93. The van der Waals surface area contributed by atoms with Crippen molar-refractivity contribution in [3.63, 3.8) is 0 Å². The van der Waals surface area contributed by atoms with Gasteiger partial charge in [-0.25, -0.2) is 0 Å². The van der Waals surface area contributed by atoms with Crippen LogP contribution < -0.4 is 0 Å². The summed E-state index contributed by atoms with van der Waals surface area (Å²) in [6.07, 6.45) is 2.17. The molecular weight excluding hydrogens is 368 g/mol. The third-order valence-electron chi connectivity index (χ3n) is 5.41. The fourth-order valence-electron chi connectivity index (χ4n) is 3.48. The third kappa shape index (κ3) is 4.34. The molecule has 0 aromatic heterocycles. The Morgan fingerprint density at radius 2 is 1.63 bits per heavy atom. The molecule has 30 heavy (non-hydrogen) atoms. The zero-order chi connectivity index (χ0) is 21.8. The zero-order valence-corrected chi connectivity index (χ0v) is 18.2. The van der Waals surface area contributed by atoms with Crippen molar-refractivity contribution < 1.29 is 4.79 Å². The van der Waals surface area contributed by atoms with Gasteiger partial charge in [0.2, 0.25) is 0 Å². The van der Waals surface area contributed by atoms with Gasteiger partial charge in [0.1, 0.15) is 0 Å². The molecule has 0 unspecified atom stereocenters. The van der Waals surface area contributed by atoms with E-state index in [4.69, 9.17) is 0 Å². The van der Waals surface area contributed by atoms with Crippen molar-refractivity contribution in [3.05, 3.63) is 94.0 Å². The zero-order valence-electron chi connectivity index (χ0n) is 18.2. The molecule has 0 saturated heterocycles. The first-order valence-corrected chi connectivity index (χ1v) is 9.93. The number of aryl methyl sites for hydroxylation is 1. The highest BCUT2D eigenvalue weighted by molar-refractivity contribution is 5.94. The Morgan fingerprint density at radius 3 is 2.27 bits per heavy atom. The van der Waals surface area contributed by atoms with Crippen molar-refractivity contribution in [2.45, 2.75) is 20.8 Å². The Hall–Kier alpha value is -3.64. The van der Waals surface area contributed by atoms with E-state index in [0.29, 0.717) is 11.1 Å². The fraction of sp³-hybridized carbons (Fsp3) is 0.185. The van der Waals surface area contributed by atoms with Gasteiger partial charge in [-0.05, 0) is 77.9 Å². The summed E-state index contributed by atoms with van der Waals surface area (Å²) in [6, 6.07) is 22.3. The molecule has 0 radical (unpaired) electrons. The maximum Gasteiger partial charge on any atom is 0.253 e. The number of amides is 1. The Kier molecular flexibility index (Phi) is 6.18. The van der Waals surface area contributed by atoms with Gasteiger partial charge in [0.25, 0.3) is 5.91 Å². The van der Waals surface area contributed by atoms with Gasteiger partial charge in [0.15, 0.2) is 0 Å². The molecule has 0 aliphatic heterocycles. The number of nitriles is 1. The summed E-state index contributed by atoms with van der Waals surface area (Å²) < 4.78 is 0. The molecule has 0 heterocycles. The van der Waals surface area contributed by atoms with Gasteiger partial charge >= 0.3 is 0 Å². The highest BCUT2D eigenvalue weighted by Crippen LogP contribution is 2.29. The van der Waals surface area contributed by atoms with E-state index >= 15 is 0 Å². The van der Waals surface area contributed by atoms with E-state index in [0.717, 1.165) is 33.4 Å². The van der Waals surface area contributed by atoms with Crippen LogP contribution in [0.2, 0.25) is 0 Å². The number of nitrogens with zero attached hydrogens (tertiary/aromatic N) is 2. The Bertz CT molecular complexity index is 1160. The van der Waals surface area contributed by atoms with Crippen LogP contribution in [0.15, 0.2) is 60.7 Å². The molecule has 0 bridgehead atoms. The second kappa shape index (κ2) is 8.80. The molecule has 0 fully saturated rings. The number of rotatable bonds is 4. The average Bonchev–Trinajstić information content (AvgIpc) is 2.75. The predicted octanol–water partition coefficient (Wildman–Crippen LogP) is 6.10. The number of benzene rings is 3. The van der Waals surface area contributed by atoms with Crippen LogP contribution in [-0.4, -0.2) is 24.9 Å². The Labute approximate surface area is 178 Å². The molecule has 1 amide bonds. The van der Waals surface area contributed by atoms with Crippen LogP contribution in [0.3, 0.4) is 0 Å². The summed E-state index contributed by atoms with van der Waals surface area (Å²) in [5, 5.41) is 9.36. The lowest BCUT2D eigenvalue weighted by Gasteiger charge is -2.12. The lowest BCUT2D eigenvalue weighted by atomic mass is 9.93. The minimum absolute atomic E-state index is 0.00145. The maximum atomic E-state index is 12.1. The smallest absolute Gasteiger partial charge is 0.253 e. The fourth-order valence-corrected chi connectivity index (χ4v) is 3.48. The highest BCUT2D eigenvalue weighted by Gasteiger charge is 2.09. The molecule has 0 N–H and O–H groups in total. The third-order valence-corrected chi connectivity index (χ3v) is 5.41. The minimum atomic E-state index is 0.00145. The molecule has 0 atom stereocenters. The van der Waals surface area contributed by atoms with Gasteiger partial charge in [0, 0.05) is 19.7 Å². The van der Waals surface area contributed by atoms with Crippen molar-refractivity contribution in [2.24, 2.45) is 0 Å². The molecule has 150 valence electrons. The standard InChI is InChI=1S/C27H26N2O/c1-18-9-10-24(16-25(18)17-28)26-8-6-7-23(20(26)3)15-19(2)21-11-13-22(14-12-21)27(30)29(4)5/h6-16H,1-5H3/b19-15+. The summed E-state index contributed by atoms with van der Waals surface area (Å²) >= 11 is 0. The molecule has 3 aromatic rings. The van der Waals surface area contributed by atoms with E-state index in [9.17, 15) is 10.1 Å². The molecule has 3 nitrogen and oxygen atoms in total. The topological polar surface area (TPSA) is 44.1 Å². The lowest BCUT2D eigenvalue weighted by Crippen LogP contribution is -2.21. The van der Waals surface area contributed by atoms with Crippen molar-refractivity contribution in [2.75, 3.05) is 14.1 Å². The number of carbonyl (C=O) groups is 1. The number of hydrogen-bond acceptors (Lipinski definition) is 2. The van der Waals surface area contributed by atoms with Crippen molar-refractivity contribution in [1.82, 2.24) is 4.90 Å². The van der Waals surface area contributed by atoms with Crippen LogP contribution >= 0.6 is 0 Å². The highest BCUT2D eigenvalue weighted by atomic mass is 16.2. The number of allylic oxidation sites excluding steroid dienone is 1. The van der Waals surface area contributed by atoms with Crippen LogP contribution in [0.25, 0.3) is 22.8 Å². The second-order valence-corrected chi connectivity index (χ2v) is 7.77. The van der Waals surface area contributed by atoms with E-state index in [1.807, 2.05) is 49.4 Å². The molecular formula is C27H26N2O. The first kappa shape index (κ1) is 21.1. The lowest BCUT2D eigenvalue weighted by molar-refractivity contribution is 0.0827. The van der Waals surface area contributed by atoms with Crippen LogP contribution in [0.5, 0.6) is 0 Å². The van der Waals surface area contributed by atoms with E-state index in [2.05, 4.69) is 44.2 Å². The van der Waals surface area contributed by atoms with Crippen LogP contribution in [0, 0.1) is 25.2 Å². The summed E-state index contributed by atoms with van der Waals surface area (Å²) in [7, 11) is 3.51. The number of carbonyl (C=O) groups excluding carboxylic acids is 1. The predicted molar refractivity (Wildman–Crippen MR) is 124 cm³/mol. The summed E-state index contributed by atoms with van der Waals surface area (Å²) in [5.74, 6) is 0.00145.